The molecule has 4 rings (SSSR count). The van der Waals surface area contributed by atoms with Gasteiger partial charge in [0.2, 0.25) is 5.89 Å². The Morgan fingerprint density at radius 1 is 1.07 bits per heavy atom. The number of rotatable bonds is 5. The van der Waals surface area contributed by atoms with Crippen LogP contribution in [0.1, 0.15) is 53.2 Å². The number of fused-ring (bicyclic) bond motifs is 1. The summed E-state index contributed by atoms with van der Waals surface area (Å²) in [4.78, 5) is 17.4. The number of nitrogens with one attached hydrogen (secondary N) is 1. The molecule has 0 bridgehead atoms. The summed E-state index contributed by atoms with van der Waals surface area (Å²) >= 11 is 0. The van der Waals surface area contributed by atoms with Gasteiger partial charge >= 0.3 is 0 Å². The standard InChI is InChI=1S/C26H26N2O2/c1-5-17(3)19-10-12-24-23(15-19)28-26(30-24)20-7-6-8-21(14-20)27-25(29)22-11-9-16(2)13-18(22)4/h6-15,17H,5H2,1-4H3,(H,27,29)/t17-/m1/s1. The third-order valence-electron chi connectivity index (χ3n) is 5.59. The molecule has 4 heteroatoms. The monoisotopic (exact) mass is 398 g/mol. The topological polar surface area (TPSA) is 55.1 Å². The number of oxazole rings is 1. The molecule has 1 aromatic heterocycles. The summed E-state index contributed by atoms with van der Waals surface area (Å²) < 4.78 is 5.98. The van der Waals surface area contributed by atoms with E-state index < -0.39 is 0 Å². The van der Waals surface area contributed by atoms with Gasteiger partial charge in [0.15, 0.2) is 5.58 Å². The lowest BCUT2D eigenvalue weighted by Gasteiger charge is -2.09. The molecule has 0 aliphatic rings. The van der Waals surface area contributed by atoms with Gasteiger partial charge in [0.25, 0.3) is 5.91 Å². The molecule has 30 heavy (non-hydrogen) atoms. The average Bonchev–Trinajstić information content (AvgIpc) is 3.16. The maximum atomic E-state index is 12.7. The molecule has 3 aromatic carbocycles. The summed E-state index contributed by atoms with van der Waals surface area (Å²) in [6.07, 6.45) is 1.08. The third kappa shape index (κ3) is 3.99. The Hall–Kier alpha value is -3.40. The highest BCUT2D eigenvalue weighted by Crippen LogP contribution is 2.29. The Morgan fingerprint density at radius 2 is 1.90 bits per heavy atom. The second-order valence-electron chi connectivity index (χ2n) is 7.91. The first-order chi connectivity index (χ1) is 14.4. The highest BCUT2D eigenvalue weighted by atomic mass is 16.3. The van der Waals surface area contributed by atoms with Crippen molar-refractivity contribution >= 4 is 22.7 Å². The number of aryl methyl sites for hydroxylation is 2. The van der Waals surface area contributed by atoms with Crippen molar-refractivity contribution in [1.82, 2.24) is 4.98 Å². The molecule has 1 amide bonds. The van der Waals surface area contributed by atoms with E-state index in [1.165, 1.54) is 5.56 Å². The summed E-state index contributed by atoms with van der Waals surface area (Å²) in [6.45, 7) is 8.36. The van der Waals surface area contributed by atoms with E-state index in [2.05, 4.69) is 36.3 Å². The van der Waals surface area contributed by atoms with Crippen LogP contribution in [0.25, 0.3) is 22.6 Å². The predicted octanol–water partition coefficient (Wildman–Crippen LogP) is 6.88. The van der Waals surface area contributed by atoms with Crippen molar-refractivity contribution in [2.24, 2.45) is 0 Å². The van der Waals surface area contributed by atoms with E-state index in [1.807, 2.05) is 62.4 Å². The number of benzene rings is 3. The van der Waals surface area contributed by atoms with Crippen LogP contribution in [0.4, 0.5) is 5.69 Å². The minimum atomic E-state index is -0.125. The van der Waals surface area contributed by atoms with Crippen molar-refractivity contribution in [1.29, 1.82) is 0 Å². The van der Waals surface area contributed by atoms with E-state index in [0.717, 1.165) is 34.2 Å². The van der Waals surface area contributed by atoms with Crippen LogP contribution in [0.15, 0.2) is 65.1 Å². The molecule has 0 spiro atoms. The minimum absolute atomic E-state index is 0.125. The molecule has 0 aliphatic carbocycles. The molecule has 0 radical (unpaired) electrons. The zero-order chi connectivity index (χ0) is 21.3. The first-order valence-corrected chi connectivity index (χ1v) is 10.3. The van der Waals surface area contributed by atoms with E-state index in [0.29, 0.717) is 23.1 Å². The largest absolute Gasteiger partial charge is 0.436 e. The molecule has 4 aromatic rings. The van der Waals surface area contributed by atoms with E-state index in [4.69, 9.17) is 4.42 Å². The Kier molecular flexibility index (Phi) is 5.40. The molecule has 1 atom stereocenters. The molecule has 4 nitrogen and oxygen atoms in total. The summed E-state index contributed by atoms with van der Waals surface area (Å²) in [6, 6.07) is 19.6. The smallest absolute Gasteiger partial charge is 0.255 e. The van der Waals surface area contributed by atoms with Crippen molar-refractivity contribution in [2.75, 3.05) is 5.32 Å². The van der Waals surface area contributed by atoms with Crippen LogP contribution in [-0.2, 0) is 0 Å². The number of amides is 1. The fourth-order valence-corrected chi connectivity index (χ4v) is 3.61. The normalized spacial score (nSPS) is 12.1. The van der Waals surface area contributed by atoms with Crippen molar-refractivity contribution < 1.29 is 9.21 Å². The zero-order valence-corrected chi connectivity index (χ0v) is 17.8. The van der Waals surface area contributed by atoms with Gasteiger partial charge in [0, 0.05) is 16.8 Å². The van der Waals surface area contributed by atoms with E-state index in [-0.39, 0.29) is 5.91 Å². The molecular formula is C26H26N2O2. The van der Waals surface area contributed by atoms with Gasteiger partial charge in [0.1, 0.15) is 5.52 Å². The first-order valence-electron chi connectivity index (χ1n) is 10.3. The van der Waals surface area contributed by atoms with Gasteiger partial charge in [0.05, 0.1) is 0 Å². The molecule has 0 fully saturated rings. The number of hydrogen-bond acceptors (Lipinski definition) is 3. The van der Waals surface area contributed by atoms with Crippen molar-refractivity contribution in [3.8, 4) is 11.5 Å². The van der Waals surface area contributed by atoms with Gasteiger partial charge in [-0.3, -0.25) is 4.79 Å². The summed E-state index contributed by atoms with van der Waals surface area (Å²) in [5.41, 5.74) is 7.19. The maximum Gasteiger partial charge on any atom is 0.255 e. The Balaban J connectivity index is 1.60. The van der Waals surface area contributed by atoms with E-state index >= 15 is 0 Å². The van der Waals surface area contributed by atoms with Crippen LogP contribution in [0.5, 0.6) is 0 Å². The van der Waals surface area contributed by atoms with Crippen LogP contribution < -0.4 is 5.32 Å². The fourth-order valence-electron chi connectivity index (χ4n) is 3.61. The number of carbonyl (C=O) groups excluding carboxylic acids is 1. The van der Waals surface area contributed by atoms with Crippen LogP contribution in [-0.4, -0.2) is 10.9 Å². The highest BCUT2D eigenvalue weighted by Gasteiger charge is 2.13. The van der Waals surface area contributed by atoms with E-state index in [9.17, 15) is 4.79 Å². The average molecular weight is 399 g/mol. The second-order valence-corrected chi connectivity index (χ2v) is 7.91. The number of anilines is 1. The number of aromatic nitrogens is 1. The van der Waals surface area contributed by atoms with Gasteiger partial charge in [-0.15, -0.1) is 0 Å². The Labute approximate surface area is 177 Å². The molecule has 0 unspecified atom stereocenters. The molecule has 0 saturated heterocycles. The number of carbonyl (C=O) groups is 1. The lowest BCUT2D eigenvalue weighted by Crippen LogP contribution is -2.13. The molecule has 152 valence electrons. The fraction of sp³-hybridized carbons (Fsp3) is 0.231. The Bertz CT molecular complexity index is 1220. The lowest BCUT2D eigenvalue weighted by atomic mass is 9.98. The maximum absolute atomic E-state index is 12.7. The molecular weight excluding hydrogens is 372 g/mol. The third-order valence-corrected chi connectivity index (χ3v) is 5.59. The highest BCUT2D eigenvalue weighted by molar-refractivity contribution is 6.05. The van der Waals surface area contributed by atoms with Gasteiger partial charge in [-0.1, -0.05) is 43.7 Å². The number of nitrogens with zero attached hydrogens (tertiary/aromatic N) is 1. The van der Waals surface area contributed by atoms with Gasteiger partial charge in [-0.25, -0.2) is 4.98 Å². The molecule has 0 saturated carbocycles. The van der Waals surface area contributed by atoms with Crippen LogP contribution in [0.3, 0.4) is 0 Å². The minimum Gasteiger partial charge on any atom is -0.436 e. The number of hydrogen-bond donors (Lipinski definition) is 1. The van der Waals surface area contributed by atoms with Gasteiger partial charge in [-0.05, 0) is 73.7 Å². The van der Waals surface area contributed by atoms with Crippen LogP contribution >= 0.6 is 0 Å². The van der Waals surface area contributed by atoms with Crippen molar-refractivity contribution in [2.45, 2.75) is 40.0 Å². The summed E-state index contributed by atoms with van der Waals surface area (Å²) in [7, 11) is 0. The summed E-state index contributed by atoms with van der Waals surface area (Å²) in [5, 5.41) is 2.99. The Morgan fingerprint density at radius 3 is 2.67 bits per heavy atom. The van der Waals surface area contributed by atoms with Gasteiger partial charge in [-0.2, -0.15) is 0 Å². The van der Waals surface area contributed by atoms with Crippen molar-refractivity contribution in [3.63, 3.8) is 0 Å². The van der Waals surface area contributed by atoms with Crippen LogP contribution in [0, 0.1) is 13.8 Å². The predicted molar refractivity (Wildman–Crippen MR) is 122 cm³/mol. The zero-order valence-electron chi connectivity index (χ0n) is 17.8. The quantitative estimate of drug-likeness (QED) is 0.399. The van der Waals surface area contributed by atoms with Crippen molar-refractivity contribution in [3.05, 3.63) is 82.9 Å². The van der Waals surface area contributed by atoms with Gasteiger partial charge < -0.3 is 9.73 Å². The molecule has 1 heterocycles. The SMILES string of the molecule is CC[C@@H](C)c1ccc2oc(-c3cccc(NC(=O)c4ccc(C)cc4C)c3)nc2c1. The summed E-state index contributed by atoms with van der Waals surface area (Å²) in [5.74, 6) is 0.910. The van der Waals surface area contributed by atoms with E-state index in [1.54, 1.807) is 0 Å². The molecule has 1 N–H and O–H groups in total. The lowest BCUT2D eigenvalue weighted by molar-refractivity contribution is 0.102. The first kappa shape index (κ1) is 19.9. The molecule has 0 aliphatic heterocycles. The second kappa shape index (κ2) is 8.15. The van der Waals surface area contributed by atoms with Crippen LogP contribution in [0.2, 0.25) is 0 Å².